The monoisotopic (exact) mass is 224 g/mol. The number of hydrogen-bond acceptors (Lipinski definition) is 3. The van der Waals surface area contributed by atoms with Gasteiger partial charge >= 0.3 is 0 Å². The molecule has 1 aliphatic rings. The van der Waals surface area contributed by atoms with Crippen LogP contribution in [0.3, 0.4) is 0 Å². The minimum Gasteiger partial charge on any atom is -0.378 e. The number of nitrogens with one attached hydrogen (secondary N) is 1. The maximum Gasteiger partial charge on any atom is 0.220 e. The maximum absolute atomic E-state index is 11.5. The highest BCUT2D eigenvalue weighted by Gasteiger charge is 2.19. The Kier molecular flexibility index (Phi) is 4.75. The Morgan fingerprint density at radius 2 is 2.38 bits per heavy atom. The SMILES string of the molecule is CC(C)(C#N)CNC(=O)CCC1CCCO1. The van der Waals surface area contributed by atoms with Gasteiger partial charge in [0, 0.05) is 19.6 Å². The highest BCUT2D eigenvalue weighted by Crippen LogP contribution is 2.17. The van der Waals surface area contributed by atoms with Crippen molar-refractivity contribution in [2.45, 2.75) is 45.6 Å². The fourth-order valence-corrected chi connectivity index (χ4v) is 1.61. The van der Waals surface area contributed by atoms with Crippen LogP contribution in [0.2, 0.25) is 0 Å². The highest BCUT2D eigenvalue weighted by molar-refractivity contribution is 5.75. The van der Waals surface area contributed by atoms with E-state index in [1.165, 1.54) is 0 Å². The second-order valence-electron chi connectivity index (χ2n) is 4.95. The summed E-state index contributed by atoms with van der Waals surface area (Å²) >= 11 is 0. The van der Waals surface area contributed by atoms with E-state index in [9.17, 15) is 4.79 Å². The predicted octanol–water partition coefficient (Wildman–Crippen LogP) is 1.61. The molecule has 0 aromatic carbocycles. The van der Waals surface area contributed by atoms with Crippen LogP contribution in [0, 0.1) is 16.7 Å². The van der Waals surface area contributed by atoms with Crippen LogP contribution in [-0.4, -0.2) is 25.2 Å². The van der Waals surface area contributed by atoms with Crippen LogP contribution in [0.5, 0.6) is 0 Å². The average Bonchev–Trinajstić information content (AvgIpc) is 2.76. The van der Waals surface area contributed by atoms with E-state index in [0.29, 0.717) is 13.0 Å². The van der Waals surface area contributed by atoms with Gasteiger partial charge in [-0.05, 0) is 33.1 Å². The van der Waals surface area contributed by atoms with Crippen LogP contribution < -0.4 is 5.32 Å². The molecule has 0 saturated carbocycles. The molecule has 1 unspecified atom stereocenters. The van der Waals surface area contributed by atoms with E-state index in [1.54, 1.807) is 0 Å². The van der Waals surface area contributed by atoms with Crippen molar-refractivity contribution in [2.24, 2.45) is 5.41 Å². The Balaban J connectivity index is 2.14. The fourth-order valence-electron chi connectivity index (χ4n) is 1.61. The lowest BCUT2D eigenvalue weighted by Gasteiger charge is -2.16. The third kappa shape index (κ3) is 4.63. The number of ether oxygens (including phenoxy) is 1. The van der Waals surface area contributed by atoms with Crippen molar-refractivity contribution in [2.75, 3.05) is 13.2 Å². The minimum absolute atomic E-state index is 0.0128. The van der Waals surface area contributed by atoms with Gasteiger partial charge in [-0.25, -0.2) is 0 Å². The molecule has 1 fully saturated rings. The largest absolute Gasteiger partial charge is 0.378 e. The molecular formula is C12H20N2O2. The van der Waals surface area contributed by atoms with Crippen molar-refractivity contribution in [1.29, 1.82) is 5.26 Å². The first-order valence-electron chi connectivity index (χ1n) is 5.83. The minimum atomic E-state index is -0.487. The fraction of sp³-hybridized carbons (Fsp3) is 0.833. The van der Waals surface area contributed by atoms with Gasteiger partial charge in [0.2, 0.25) is 5.91 Å². The quantitative estimate of drug-likeness (QED) is 0.771. The number of carbonyl (C=O) groups is 1. The number of nitrogens with zero attached hydrogens (tertiary/aromatic N) is 1. The van der Waals surface area contributed by atoms with Gasteiger partial charge in [0.25, 0.3) is 0 Å². The van der Waals surface area contributed by atoms with Crippen molar-refractivity contribution >= 4 is 5.91 Å². The Hall–Kier alpha value is -1.08. The molecule has 4 nitrogen and oxygen atoms in total. The Labute approximate surface area is 97.0 Å². The van der Waals surface area contributed by atoms with E-state index < -0.39 is 5.41 Å². The molecule has 1 aliphatic heterocycles. The second kappa shape index (κ2) is 5.86. The van der Waals surface area contributed by atoms with Gasteiger partial charge in [-0.3, -0.25) is 4.79 Å². The third-order valence-electron chi connectivity index (χ3n) is 2.75. The summed E-state index contributed by atoms with van der Waals surface area (Å²) in [5.74, 6) is 0.0128. The summed E-state index contributed by atoms with van der Waals surface area (Å²) in [6.07, 6.45) is 3.71. The van der Waals surface area contributed by atoms with Crippen LogP contribution in [0.1, 0.15) is 39.5 Å². The topological polar surface area (TPSA) is 62.1 Å². The first kappa shape index (κ1) is 13.0. The molecule has 1 rings (SSSR count). The Morgan fingerprint density at radius 1 is 1.62 bits per heavy atom. The molecule has 1 heterocycles. The van der Waals surface area contributed by atoms with Gasteiger partial charge in [0.15, 0.2) is 0 Å². The number of carbonyl (C=O) groups excluding carboxylic acids is 1. The van der Waals surface area contributed by atoms with E-state index in [4.69, 9.17) is 10.00 Å². The molecule has 1 amide bonds. The lowest BCUT2D eigenvalue weighted by atomic mass is 9.96. The summed E-state index contributed by atoms with van der Waals surface area (Å²) in [6, 6.07) is 2.15. The van der Waals surface area contributed by atoms with Crippen molar-refractivity contribution in [3.8, 4) is 6.07 Å². The molecule has 0 radical (unpaired) electrons. The first-order chi connectivity index (χ1) is 7.53. The molecule has 0 spiro atoms. The van der Waals surface area contributed by atoms with E-state index in [0.717, 1.165) is 25.9 Å². The highest BCUT2D eigenvalue weighted by atomic mass is 16.5. The van der Waals surface area contributed by atoms with Crippen molar-refractivity contribution < 1.29 is 9.53 Å². The molecular weight excluding hydrogens is 204 g/mol. The van der Waals surface area contributed by atoms with Crippen LogP contribution in [0.4, 0.5) is 0 Å². The standard InChI is InChI=1S/C12H20N2O2/c1-12(2,8-13)9-14-11(15)6-5-10-4-3-7-16-10/h10H,3-7,9H2,1-2H3,(H,14,15). The van der Waals surface area contributed by atoms with Crippen LogP contribution in [0.25, 0.3) is 0 Å². The van der Waals surface area contributed by atoms with Crippen molar-refractivity contribution in [1.82, 2.24) is 5.32 Å². The van der Waals surface area contributed by atoms with Gasteiger partial charge in [0.1, 0.15) is 0 Å². The number of nitriles is 1. The number of rotatable bonds is 5. The smallest absolute Gasteiger partial charge is 0.220 e. The molecule has 1 N–H and O–H groups in total. The summed E-state index contributed by atoms with van der Waals surface area (Å²) < 4.78 is 5.44. The van der Waals surface area contributed by atoms with E-state index in [-0.39, 0.29) is 12.0 Å². The Morgan fingerprint density at radius 3 is 2.94 bits per heavy atom. The Bertz CT molecular complexity index is 275. The molecule has 0 aromatic rings. The van der Waals surface area contributed by atoms with Gasteiger partial charge < -0.3 is 10.1 Å². The zero-order chi connectivity index (χ0) is 12.0. The van der Waals surface area contributed by atoms with Crippen LogP contribution in [-0.2, 0) is 9.53 Å². The molecule has 16 heavy (non-hydrogen) atoms. The van der Waals surface area contributed by atoms with Gasteiger partial charge in [0.05, 0.1) is 17.6 Å². The summed E-state index contributed by atoms with van der Waals surface area (Å²) in [5.41, 5.74) is -0.487. The normalized spacial score (nSPS) is 20.4. The van der Waals surface area contributed by atoms with Crippen molar-refractivity contribution in [3.63, 3.8) is 0 Å². The van der Waals surface area contributed by atoms with Gasteiger partial charge in [-0.2, -0.15) is 5.26 Å². The average molecular weight is 224 g/mol. The second-order valence-corrected chi connectivity index (χ2v) is 4.95. The number of hydrogen-bond donors (Lipinski definition) is 1. The van der Waals surface area contributed by atoms with Gasteiger partial charge in [-0.1, -0.05) is 0 Å². The third-order valence-corrected chi connectivity index (χ3v) is 2.75. The predicted molar refractivity (Wildman–Crippen MR) is 60.6 cm³/mol. The molecule has 0 aromatic heterocycles. The lowest BCUT2D eigenvalue weighted by Crippen LogP contribution is -2.33. The van der Waals surface area contributed by atoms with E-state index in [2.05, 4.69) is 11.4 Å². The summed E-state index contributed by atoms with van der Waals surface area (Å²) in [5, 5.41) is 11.6. The molecule has 0 bridgehead atoms. The zero-order valence-corrected chi connectivity index (χ0v) is 10.1. The molecule has 1 atom stereocenters. The molecule has 1 saturated heterocycles. The summed E-state index contributed by atoms with van der Waals surface area (Å²) in [7, 11) is 0. The van der Waals surface area contributed by atoms with Gasteiger partial charge in [-0.15, -0.1) is 0 Å². The molecule has 90 valence electrons. The molecule has 0 aliphatic carbocycles. The van der Waals surface area contributed by atoms with Crippen molar-refractivity contribution in [3.05, 3.63) is 0 Å². The summed E-state index contributed by atoms with van der Waals surface area (Å²) in [6.45, 7) is 4.86. The zero-order valence-electron chi connectivity index (χ0n) is 10.1. The van der Waals surface area contributed by atoms with Crippen LogP contribution in [0.15, 0.2) is 0 Å². The first-order valence-corrected chi connectivity index (χ1v) is 5.83. The van der Waals surface area contributed by atoms with E-state index >= 15 is 0 Å². The summed E-state index contributed by atoms with van der Waals surface area (Å²) in [4.78, 5) is 11.5. The molecule has 4 heteroatoms. The van der Waals surface area contributed by atoms with Crippen LogP contribution >= 0.6 is 0 Å². The maximum atomic E-state index is 11.5. The van der Waals surface area contributed by atoms with E-state index in [1.807, 2.05) is 13.8 Å². The lowest BCUT2D eigenvalue weighted by molar-refractivity contribution is -0.122. The number of amides is 1.